The molecule has 2 nitrogen and oxygen atoms in total. The van der Waals surface area contributed by atoms with Gasteiger partial charge >= 0.3 is 0 Å². The van der Waals surface area contributed by atoms with Crippen LogP contribution in [0.4, 0.5) is 0 Å². The quantitative estimate of drug-likeness (QED) is 0.913. The molecule has 1 unspecified atom stereocenters. The summed E-state index contributed by atoms with van der Waals surface area (Å²) in [6.07, 6.45) is 2.37. The van der Waals surface area contributed by atoms with Crippen molar-refractivity contribution in [2.45, 2.75) is 25.8 Å². The normalized spacial score (nSPS) is 19.4. The lowest BCUT2D eigenvalue weighted by atomic mass is 9.90. The fourth-order valence-corrected chi connectivity index (χ4v) is 5.00. The zero-order valence-corrected chi connectivity index (χ0v) is 12.3. The van der Waals surface area contributed by atoms with Gasteiger partial charge < -0.3 is 10.1 Å². The highest BCUT2D eigenvalue weighted by Gasteiger charge is 2.26. The molecule has 3 rings (SSSR count). The molecule has 1 aliphatic rings. The number of nitrogens with one attached hydrogen (secondary N) is 1. The molecule has 0 aliphatic carbocycles. The molecule has 4 heteroatoms. The summed E-state index contributed by atoms with van der Waals surface area (Å²) in [5, 5.41) is 5.86. The summed E-state index contributed by atoms with van der Waals surface area (Å²) < 4.78 is 8.36. The van der Waals surface area contributed by atoms with Crippen LogP contribution in [-0.4, -0.2) is 19.8 Å². The molecule has 0 aromatic carbocycles. The molecule has 1 fully saturated rings. The maximum Gasteiger partial charge on any atom is 0.0469 e. The van der Waals surface area contributed by atoms with Crippen LogP contribution in [0.3, 0.4) is 0 Å². The summed E-state index contributed by atoms with van der Waals surface area (Å²) in [5.41, 5.74) is 0. The van der Waals surface area contributed by atoms with Crippen LogP contribution in [0.1, 0.15) is 30.7 Å². The van der Waals surface area contributed by atoms with E-state index in [2.05, 4.69) is 29.8 Å². The number of rotatable bonds is 4. The van der Waals surface area contributed by atoms with Crippen molar-refractivity contribution in [1.82, 2.24) is 5.32 Å². The largest absolute Gasteiger partial charge is 0.381 e. The van der Waals surface area contributed by atoms with E-state index in [9.17, 15) is 0 Å². The molecule has 2 aromatic rings. The SMILES string of the molecule is CCNC(c1cc2sccc2s1)C1CCOCC1. The van der Waals surface area contributed by atoms with Gasteiger partial charge in [-0.15, -0.1) is 22.7 Å². The van der Waals surface area contributed by atoms with E-state index in [1.165, 1.54) is 27.1 Å². The molecule has 3 heterocycles. The van der Waals surface area contributed by atoms with E-state index in [4.69, 9.17) is 4.74 Å². The molecule has 18 heavy (non-hydrogen) atoms. The van der Waals surface area contributed by atoms with E-state index in [1.54, 1.807) is 0 Å². The maximum atomic E-state index is 5.49. The minimum Gasteiger partial charge on any atom is -0.381 e. The highest BCUT2D eigenvalue weighted by Crippen LogP contribution is 2.38. The van der Waals surface area contributed by atoms with Crippen molar-refractivity contribution < 1.29 is 4.74 Å². The summed E-state index contributed by atoms with van der Waals surface area (Å²) in [6.45, 7) is 5.08. The van der Waals surface area contributed by atoms with Crippen LogP contribution in [0.25, 0.3) is 9.40 Å². The van der Waals surface area contributed by atoms with E-state index >= 15 is 0 Å². The maximum absolute atomic E-state index is 5.49. The first-order chi connectivity index (χ1) is 8.88. The molecule has 1 saturated heterocycles. The Morgan fingerprint density at radius 2 is 2.22 bits per heavy atom. The second-order valence-corrected chi connectivity index (χ2v) is 6.85. The molecule has 1 atom stereocenters. The molecule has 2 aromatic heterocycles. The molecule has 0 amide bonds. The molecule has 0 radical (unpaired) electrons. The van der Waals surface area contributed by atoms with Crippen LogP contribution < -0.4 is 5.32 Å². The van der Waals surface area contributed by atoms with Crippen LogP contribution in [0.5, 0.6) is 0 Å². The Morgan fingerprint density at radius 1 is 1.39 bits per heavy atom. The van der Waals surface area contributed by atoms with Gasteiger partial charge in [0.15, 0.2) is 0 Å². The van der Waals surface area contributed by atoms with E-state index < -0.39 is 0 Å². The van der Waals surface area contributed by atoms with E-state index in [-0.39, 0.29) is 0 Å². The molecule has 0 spiro atoms. The summed E-state index contributed by atoms with van der Waals surface area (Å²) >= 11 is 3.80. The number of hydrogen-bond acceptors (Lipinski definition) is 4. The van der Waals surface area contributed by atoms with Crippen LogP contribution in [0, 0.1) is 5.92 Å². The Morgan fingerprint density at radius 3 is 2.94 bits per heavy atom. The van der Waals surface area contributed by atoms with Gasteiger partial charge in [0.2, 0.25) is 0 Å². The molecule has 1 N–H and O–H groups in total. The smallest absolute Gasteiger partial charge is 0.0469 e. The van der Waals surface area contributed by atoms with Crippen LogP contribution >= 0.6 is 22.7 Å². The monoisotopic (exact) mass is 281 g/mol. The second-order valence-electron chi connectivity index (χ2n) is 4.78. The van der Waals surface area contributed by atoms with Gasteiger partial charge in [0.05, 0.1) is 0 Å². The number of fused-ring (bicyclic) bond motifs is 1. The Kier molecular flexibility index (Phi) is 3.99. The van der Waals surface area contributed by atoms with Crippen molar-refractivity contribution >= 4 is 32.1 Å². The van der Waals surface area contributed by atoms with Crippen LogP contribution in [0.15, 0.2) is 17.5 Å². The van der Waals surface area contributed by atoms with Gasteiger partial charge in [-0.25, -0.2) is 0 Å². The molecular formula is C14H19NOS2. The third-order valence-corrected chi connectivity index (χ3v) is 5.80. The van der Waals surface area contributed by atoms with Crippen LogP contribution in [0.2, 0.25) is 0 Å². The van der Waals surface area contributed by atoms with Crippen molar-refractivity contribution in [1.29, 1.82) is 0 Å². The van der Waals surface area contributed by atoms with Gasteiger partial charge in [0.25, 0.3) is 0 Å². The topological polar surface area (TPSA) is 21.3 Å². The van der Waals surface area contributed by atoms with Crippen molar-refractivity contribution in [3.8, 4) is 0 Å². The number of ether oxygens (including phenoxy) is 1. The van der Waals surface area contributed by atoms with E-state index in [0.29, 0.717) is 6.04 Å². The summed E-state index contributed by atoms with van der Waals surface area (Å²) in [5.74, 6) is 0.728. The Bertz CT molecular complexity index is 470. The standard InChI is InChI=1S/C14H19NOS2/c1-2-15-14(10-3-6-16-7-4-10)13-9-12-11(18-13)5-8-17-12/h5,8-10,14-15H,2-4,6-7H2,1H3. The first kappa shape index (κ1) is 12.6. The number of thiophene rings is 2. The second kappa shape index (κ2) is 5.70. The van der Waals surface area contributed by atoms with Gasteiger partial charge in [-0.1, -0.05) is 6.92 Å². The van der Waals surface area contributed by atoms with Crippen molar-refractivity contribution in [2.24, 2.45) is 5.92 Å². The number of hydrogen-bond donors (Lipinski definition) is 1. The van der Waals surface area contributed by atoms with Crippen molar-refractivity contribution in [2.75, 3.05) is 19.8 Å². The zero-order chi connectivity index (χ0) is 12.4. The lowest BCUT2D eigenvalue weighted by Crippen LogP contribution is -2.31. The van der Waals surface area contributed by atoms with Gasteiger partial charge in [-0.3, -0.25) is 0 Å². The fourth-order valence-electron chi connectivity index (χ4n) is 2.71. The van der Waals surface area contributed by atoms with Crippen LogP contribution in [-0.2, 0) is 4.74 Å². The Labute approximate surface area is 116 Å². The van der Waals surface area contributed by atoms with Gasteiger partial charge in [0.1, 0.15) is 0 Å². The van der Waals surface area contributed by atoms with Gasteiger partial charge in [-0.05, 0) is 42.8 Å². The third kappa shape index (κ3) is 2.48. The van der Waals surface area contributed by atoms with Crippen molar-refractivity contribution in [3.63, 3.8) is 0 Å². The minimum atomic E-state index is 0.517. The first-order valence-electron chi connectivity index (χ1n) is 6.66. The average Bonchev–Trinajstić information content (AvgIpc) is 2.97. The van der Waals surface area contributed by atoms with E-state index in [0.717, 1.165) is 25.7 Å². The van der Waals surface area contributed by atoms with Gasteiger partial charge in [-0.2, -0.15) is 0 Å². The highest BCUT2D eigenvalue weighted by atomic mass is 32.1. The molecule has 98 valence electrons. The first-order valence-corrected chi connectivity index (χ1v) is 8.36. The summed E-state index contributed by atoms with van der Waals surface area (Å²) in [6, 6.07) is 5.14. The highest BCUT2D eigenvalue weighted by molar-refractivity contribution is 7.26. The van der Waals surface area contributed by atoms with Crippen molar-refractivity contribution in [3.05, 3.63) is 22.4 Å². The molecular weight excluding hydrogens is 262 g/mol. The average molecular weight is 281 g/mol. The Hall–Kier alpha value is -0.420. The lowest BCUT2D eigenvalue weighted by Gasteiger charge is -2.30. The van der Waals surface area contributed by atoms with E-state index in [1.807, 2.05) is 22.7 Å². The molecule has 0 bridgehead atoms. The lowest BCUT2D eigenvalue weighted by molar-refractivity contribution is 0.0543. The third-order valence-electron chi connectivity index (χ3n) is 3.63. The molecule has 1 aliphatic heterocycles. The summed E-state index contributed by atoms with van der Waals surface area (Å²) in [4.78, 5) is 1.51. The predicted octanol–water partition coefficient (Wildman–Crippen LogP) is 4.04. The van der Waals surface area contributed by atoms with Gasteiger partial charge in [0, 0.05) is 33.5 Å². The fraction of sp³-hybridized carbons (Fsp3) is 0.571. The minimum absolute atomic E-state index is 0.517. The zero-order valence-electron chi connectivity index (χ0n) is 10.6. The predicted molar refractivity (Wildman–Crippen MR) is 79.7 cm³/mol. The summed E-state index contributed by atoms with van der Waals surface area (Å²) in [7, 11) is 0. The Balaban J connectivity index is 1.85. The molecule has 0 saturated carbocycles.